The van der Waals surface area contributed by atoms with Crippen LogP contribution in [0.3, 0.4) is 0 Å². The Morgan fingerprint density at radius 2 is 1.74 bits per heavy atom. The van der Waals surface area contributed by atoms with E-state index < -0.39 is 5.91 Å². The van der Waals surface area contributed by atoms with Gasteiger partial charge in [-0.2, -0.15) is 5.10 Å². The van der Waals surface area contributed by atoms with E-state index in [4.69, 9.17) is 4.74 Å². The molecule has 3 rings (SSSR count). The highest BCUT2D eigenvalue weighted by Crippen LogP contribution is 2.22. The van der Waals surface area contributed by atoms with Crippen molar-refractivity contribution in [1.82, 2.24) is 5.43 Å². The van der Waals surface area contributed by atoms with E-state index in [1.807, 2.05) is 6.92 Å². The second-order valence-corrected chi connectivity index (χ2v) is 7.27. The van der Waals surface area contributed by atoms with Crippen LogP contribution in [-0.2, 0) is 0 Å². The van der Waals surface area contributed by atoms with Crippen LogP contribution in [0, 0.1) is 5.82 Å². The van der Waals surface area contributed by atoms with E-state index >= 15 is 0 Å². The number of carbonyl (C=O) groups is 2. The van der Waals surface area contributed by atoms with Crippen LogP contribution in [0.15, 0.2) is 76.3 Å². The van der Waals surface area contributed by atoms with Crippen LogP contribution in [0.2, 0.25) is 0 Å². The molecular weight excluding hydrogens is 465 g/mol. The summed E-state index contributed by atoms with van der Waals surface area (Å²) in [4.78, 5) is 25.2. The monoisotopic (exact) mass is 483 g/mol. The number of halogens is 2. The van der Waals surface area contributed by atoms with Crippen LogP contribution >= 0.6 is 15.9 Å². The Kier molecular flexibility index (Phi) is 7.50. The van der Waals surface area contributed by atoms with Crippen LogP contribution in [0.5, 0.6) is 5.75 Å². The topological polar surface area (TPSA) is 79.8 Å². The average molecular weight is 484 g/mol. The Morgan fingerprint density at radius 3 is 2.42 bits per heavy atom. The molecule has 0 bridgehead atoms. The van der Waals surface area contributed by atoms with Gasteiger partial charge in [0.15, 0.2) is 0 Å². The smallest absolute Gasteiger partial charge is 0.273 e. The molecule has 0 aliphatic heterocycles. The quantitative estimate of drug-likeness (QED) is 0.366. The highest BCUT2D eigenvalue weighted by Gasteiger charge is 2.15. The normalized spacial score (nSPS) is 10.7. The second kappa shape index (κ2) is 10.5. The Morgan fingerprint density at radius 1 is 1.03 bits per heavy atom. The van der Waals surface area contributed by atoms with E-state index in [2.05, 4.69) is 31.8 Å². The third kappa shape index (κ3) is 6.23. The van der Waals surface area contributed by atoms with Crippen molar-refractivity contribution in [3.8, 4) is 5.75 Å². The molecule has 3 aromatic carbocycles. The van der Waals surface area contributed by atoms with E-state index in [-0.39, 0.29) is 17.3 Å². The van der Waals surface area contributed by atoms with E-state index in [9.17, 15) is 14.0 Å². The van der Waals surface area contributed by atoms with Crippen molar-refractivity contribution in [2.45, 2.75) is 6.92 Å². The fraction of sp³-hybridized carbons (Fsp3) is 0.0870. The lowest BCUT2D eigenvalue weighted by Gasteiger charge is -2.11. The first-order chi connectivity index (χ1) is 15.0. The molecule has 0 aliphatic rings. The fourth-order valence-corrected chi connectivity index (χ4v) is 3.01. The number of hydrogen-bond acceptors (Lipinski definition) is 4. The lowest BCUT2D eigenvalue weighted by Crippen LogP contribution is -2.21. The predicted molar refractivity (Wildman–Crippen MR) is 121 cm³/mol. The molecule has 0 aromatic heterocycles. The molecule has 0 saturated carbocycles. The maximum atomic E-state index is 13.0. The maximum absolute atomic E-state index is 13.0. The van der Waals surface area contributed by atoms with Crippen molar-refractivity contribution in [3.63, 3.8) is 0 Å². The number of carbonyl (C=O) groups excluding carboxylic acids is 2. The zero-order valence-corrected chi connectivity index (χ0v) is 18.1. The average Bonchev–Trinajstić information content (AvgIpc) is 2.77. The van der Waals surface area contributed by atoms with Gasteiger partial charge in [-0.3, -0.25) is 9.59 Å². The van der Waals surface area contributed by atoms with Gasteiger partial charge in [0.05, 0.1) is 24.1 Å². The van der Waals surface area contributed by atoms with Gasteiger partial charge in [0, 0.05) is 10.0 Å². The molecule has 2 N–H and O–H groups in total. The molecule has 8 heteroatoms. The summed E-state index contributed by atoms with van der Waals surface area (Å²) in [5.41, 5.74) is 4.02. The van der Waals surface area contributed by atoms with Gasteiger partial charge in [0.1, 0.15) is 11.6 Å². The van der Waals surface area contributed by atoms with Crippen molar-refractivity contribution in [2.75, 3.05) is 11.9 Å². The van der Waals surface area contributed by atoms with Crippen molar-refractivity contribution in [3.05, 3.63) is 93.7 Å². The van der Waals surface area contributed by atoms with Gasteiger partial charge in [-0.1, -0.05) is 28.1 Å². The predicted octanol–water partition coefficient (Wildman–Crippen LogP) is 5.00. The molecular formula is C23H19BrFN3O3. The Labute approximate surface area is 187 Å². The van der Waals surface area contributed by atoms with Crippen LogP contribution in [-0.4, -0.2) is 24.6 Å². The molecule has 158 valence electrons. The number of anilines is 1. The lowest BCUT2D eigenvalue weighted by molar-refractivity contribution is 0.0956. The summed E-state index contributed by atoms with van der Waals surface area (Å²) in [6.45, 7) is 2.41. The summed E-state index contributed by atoms with van der Waals surface area (Å²) in [5, 5.41) is 6.64. The number of rotatable bonds is 7. The van der Waals surface area contributed by atoms with Crippen LogP contribution in [0.25, 0.3) is 0 Å². The zero-order chi connectivity index (χ0) is 22.2. The number of ether oxygens (including phenoxy) is 1. The Hall–Kier alpha value is -3.52. The van der Waals surface area contributed by atoms with Gasteiger partial charge < -0.3 is 10.1 Å². The molecule has 0 saturated heterocycles. The van der Waals surface area contributed by atoms with E-state index in [0.717, 1.165) is 0 Å². The lowest BCUT2D eigenvalue weighted by atomic mass is 10.1. The first-order valence-corrected chi connectivity index (χ1v) is 10.2. The van der Waals surface area contributed by atoms with Crippen molar-refractivity contribution < 1.29 is 18.7 Å². The summed E-state index contributed by atoms with van der Waals surface area (Å²) in [7, 11) is 0. The van der Waals surface area contributed by atoms with Crippen LogP contribution in [0.4, 0.5) is 10.1 Å². The number of nitrogens with zero attached hydrogens (tertiary/aromatic N) is 1. The minimum absolute atomic E-state index is 0.227. The molecule has 0 unspecified atom stereocenters. The SMILES string of the molecule is CCOc1ccc(C(=O)Nc2ccc(Br)cc2C(=O)NN=Cc2ccc(F)cc2)cc1. The summed E-state index contributed by atoms with van der Waals surface area (Å²) in [6, 6.07) is 17.3. The van der Waals surface area contributed by atoms with E-state index in [0.29, 0.717) is 33.6 Å². The number of nitrogens with one attached hydrogen (secondary N) is 2. The van der Waals surface area contributed by atoms with Crippen molar-refractivity contribution in [1.29, 1.82) is 0 Å². The third-order valence-corrected chi connectivity index (χ3v) is 4.64. The largest absolute Gasteiger partial charge is 0.494 e. The molecule has 0 spiro atoms. The maximum Gasteiger partial charge on any atom is 0.273 e. The van der Waals surface area contributed by atoms with Gasteiger partial charge in [0.25, 0.3) is 11.8 Å². The number of hydrazone groups is 1. The van der Waals surface area contributed by atoms with E-state index in [1.54, 1.807) is 42.5 Å². The minimum atomic E-state index is -0.512. The fourth-order valence-electron chi connectivity index (χ4n) is 2.65. The van der Waals surface area contributed by atoms with Gasteiger partial charge in [-0.15, -0.1) is 0 Å². The van der Waals surface area contributed by atoms with E-state index in [1.165, 1.54) is 30.5 Å². The van der Waals surface area contributed by atoms with Gasteiger partial charge in [-0.25, -0.2) is 9.82 Å². The first kappa shape index (κ1) is 22.2. The summed E-state index contributed by atoms with van der Waals surface area (Å²) >= 11 is 3.33. The molecule has 0 atom stereocenters. The second-order valence-electron chi connectivity index (χ2n) is 6.35. The highest BCUT2D eigenvalue weighted by atomic mass is 79.9. The molecule has 3 aromatic rings. The first-order valence-electron chi connectivity index (χ1n) is 9.39. The molecule has 0 radical (unpaired) electrons. The van der Waals surface area contributed by atoms with Gasteiger partial charge in [0.2, 0.25) is 0 Å². The minimum Gasteiger partial charge on any atom is -0.494 e. The van der Waals surface area contributed by atoms with Crippen LogP contribution < -0.4 is 15.5 Å². The molecule has 0 fully saturated rings. The number of hydrogen-bond donors (Lipinski definition) is 2. The molecule has 0 aliphatic carbocycles. The summed E-state index contributed by atoms with van der Waals surface area (Å²) in [6.07, 6.45) is 1.40. The standard InChI is InChI=1S/C23H19BrFN3O3/c1-2-31-19-10-5-16(6-11-19)22(29)27-21-12-7-17(24)13-20(21)23(30)28-26-14-15-3-8-18(25)9-4-15/h3-14H,2H2,1H3,(H,27,29)(H,28,30). The molecule has 31 heavy (non-hydrogen) atoms. The molecule has 2 amide bonds. The Bertz CT molecular complexity index is 1100. The summed E-state index contributed by atoms with van der Waals surface area (Å²) < 4.78 is 19.0. The van der Waals surface area contributed by atoms with Gasteiger partial charge >= 0.3 is 0 Å². The van der Waals surface area contributed by atoms with Crippen molar-refractivity contribution in [2.24, 2.45) is 5.10 Å². The molecule has 6 nitrogen and oxygen atoms in total. The van der Waals surface area contributed by atoms with Crippen LogP contribution in [0.1, 0.15) is 33.2 Å². The number of amides is 2. The summed E-state index contributed by atoms with van der Waals surface area (Å²) in [5.74, 6) is -0.569. The van der Waals surface area contributed by atoms with Gasteiger partial charge in [-0.05, 0) is 67.1 Å². The third-order valence-electron chi connectivity index (χ3n) is 4.15. The molecule has 0 heterocycles. The Balaban J connectivity index is 1.72. The van der Waals surface area contributed by atoms with Crippen molar-refractivity contribution >= 4 is 39.6 Å². The zero-order valence-electron chi connectivity index (χ0n) is 16.6. The highest BCUT2D eigenvalue weighted by molar-refractivity contribution is 9.10. The number of benzene rings is 3.